The van der Waals surface area contributed by atoms with Crippen LogP contribution < -0.4 is 5.32 Å². The highest BCUT2D eigenvalue weighted by molar-refractivity contribution is 4.66. The van der Waals surface area contributed by atoms with Crippen LogP contribution in [0.15, 0.2) is 0 Å². The summed E-state index contributed by atoms with van der Waals surface area (Å²) >= 11 is 0. The van der Waals surface area contributed by atoms with Gasteiger partial charge in [0.25, 0.3) is 0 Å². The molecular formula is C7H13NO3. The molecule has 2 rings (SSSR count). The molecule has 2 aliphatic rings. The molecular weight excluding hydrogens is 146 g/mol. The van der Waals surface area contributed by atoms with Crippen LogP contribution in [-0.2, 0) is 14.2 Å². The highest BCUT2D eigenvalue weighted by atomic mass is 16.7. The topological polar surface area (TPSA) is 43.0 Å². The molecule has 0 bridgehead atoms. The first-order valence-corrected chi connectivity index (χ1v) is 4.03. The van der Waals surface area contributed by atoms with E-state index in [0.29, 0.717) is 6.23 Å². The largest absolute Gasteiger partial charge is 0.357 e. The Labute approximate surface area is 65.8 Å². The van der Waals surface area contributed by atoms with Gasteiger partial charge in [0.1, 0.15) is 6.23 Å². The fourth-order valence-corrected chi connectivity index (χ4v) is 1.10. The van der Waals surface area contributed by atoms with Gasteiger partial charge in [-0.2, -0.15) is 0 Å². The Balaban J connectivity index is 1.51. The SMILES string of the molecule is C(CC1OCCO1)NC1CO1. The average molecular weight is 159 g/mol. The van der Waals surface area contributed by atoms with Crippen LogP contribution in [0.3, 0.4) is 0 Å². The highest BCUT2D eigenvalue weighted by Crippen LogP contribution is 2.08. The number of rotatable bonds is 4. The molecule has 0 aromatic heterocycles. The van der Waals surface area contributed by atoms with Crippen molar-refractivity contribution in [2.24, 2.45) is 0 Å². The molecule has 0 aromatic carbocycles. The van der Waals surface area contributed by atoms with Crippen molar-refractivity contribution >= 4 is 0 Å². The Hall–Kier alpha value is -0.160. The van der Waals surface area contributed by atoms with Crippen LogP contribution in [0.25, 0.3) is 0 Å². The Kier molecular flexibility index (Phi) is 2.38. The predicted molar refractivity (Wildman–Crippen MR) is 38.1 cm³/mol. The summed E-state index contributed by atoms with van der Waals surface area (Å²) in [6, 6.07) is 0. The number of epoxide rings is 1. The van der Waals surface area contributed by atoms with E-state index in [9.17, 15) is 0 Å². The van der Waals surface area contributed by atoms with E-state index in [1.165, 1.54) is 0 Å². The van der Waals surface area contributed by atoms with Gasteiger partial charge in [-0.15, -0.1) is 0 Å². The molecule has 2 aliphatic heterocycles. The summed E-state index contributed by atoms with van der Waals surface area (Å²) in [5.41, 5.74) is 0. The minimum atomic E-state index is 0.0150. The lowest BCUT2D eigenvalue weighted by Gasteiger charge is -2.07. The van der Waals surface area contributed by atoms with E-state index < -0.39 is 0 Å². The first-order chi connectivity index (χ1) is 5.45. The van der Waals surface area contributed by atoms with Crippen LogP contribution >= 0.6 is 0 Å². The second kappa shape index (κ2) is 3.49. The Morgan fingerprint density at radius 2 is 1.91 bits per heavy atom. The van der Waals surface area contributed by atoms with E-state index in [2.05, 4.69) is 5.32 Å². The lowest BCUT2D eigenvalue weighted by Crippen LogP contribution is -2.23. The van der Waals surface area contributed by atoms with Gasteiger partial charge in [-0.05, 0) is 0 Å². The zero-order valence-electron chi connectivity index (χ0n) is 6.41. The van der Waals surface area contributed by atoms with Gasteiger partial charge in [-0.3, -0.25) is 5.32 Å². The third kappa shape index (κ3) is 2.41. The molecule has 0 aromatic rings. The Morgan fingerprint density at radius 1 is 1.18 bits per heavy atom. The fourth-order valence-electron chi connectivity index (χ4n) is 1.10. The monoisotopic (exact) mass is 159 g/mol. The fraction of sp³-hybridized carbons (Fsp3) is 1.00. The summed E-state index contributed by atoms with van der Waals surface area (Å²) in [5, 5.41) is 3.20. The van der Waals surface area contributed by atoms with Gasteiger partial charge in [0, 0.05) is 13.0 Å². The van der Waals surface area contributed by atoms with E-state index in [1.807, 2.05) is 0 Å². The Bertz CT molecular complexity index is 121. The second-order valence-corrected chi connectivity index (χ2v) is 2.74. The van der Waals surface area contributed by atoms with Crippen molar-refractivity contribution in [3.8, 4) is 0 Å². The molecule has 0 amide bonds. The third-order valence-electron chi connectivity index (χ3n) is 1.78. The lowest BCUT2D eigenvalue weighted by atomic mass is 10.4. The lowest BCUT2D eigenvalue weighted by molar-refractivity contribution is -0.0462. The van der Waals surface area contributed by atoms with Crippen molar-refractivity contribution in [3.05, 3.63) is 0 Å². The molecule has 0 aliphatic carbocycles. The zero-order valence-corrected chi connectivity index (χ0v) is 6.41. The van der Waals surface area contributed by atoms with Crippen molar-refractivity contribution < 1.29 is 14.2 Å². The molecule has 1 unspecified atom stereocenters. The number of ether oxygens (including phenoxy) is 3. The van der Waals surface area contributed by atoms with Gasteiger partial charge in [-0.25, -0.2) is 0 Å². The van der Waals surface area contributed by atoms with Crippen molar-refractivity contribution in [2.45, 2.75) is 18.9 Å². The quantitative estimate of drug-likeness (QED) is 0.572. The Morgan fingerprint density at radius 3 is 2.55 bits per heavy atom. The summed E-state index contributed by atoms with van der Waals surface area (Å²) in [6.45, 7) is 3.25. The molecule has 2 fully saturated rings. The van der Waals surface area contributed by atoms with Gasteiger partial charge < -0.3 is 14.2 Å². The van der Waals surface area contributed by atoms with E-state index in [0.717, 1.165) is 32.8 Å². The van der Waals surface area contributed by atoms with Crippen molar-refractivity contribution in [1.29, 1.82) is 0 Å². The maximum Gasteiger partial charge on any atom is 0.159 e. The van der Waals surface area contributed by atoms with Crippen LogP contribution in [0.5, 0.6) is 0 Å². The second-order valence-electron chi connectivity index (χ2n) is 2.74. The summed E-state index contributed by atoms with van der Waals surface area (Å²) in [7, 11) is 0. The van der Waals surface area contributed by atoms with Crippen molar-refractivity contribution in [1.82, 2.24) is 5.32 Å². The molecule has 11 heavy (non-hydrogen) atoms. The van der Waals surface area contributed by atoms with Gasteiger partial charge in [0.2, 0.25) is 0 Å². The average Bonchev–Trinajstić information content (AvgIpc) is 2.66. The van der Waals surface area contributed by atoms with Crippen LogP contribution in [0.4, 0.5) is 0 Å². The molecule has 1 N–H and O–H groups in total. The van der Waals surface area contributed by atoms with Crippen LogP contribution in [0.2, 0.25) is 0 Å². The standard InChI is InChI=1S/C7H13NO3/c1(2-8-6-5-11-6)7-9-3-4-10-7/h6-8H,1-5H2. The van der Waals surface area contributed by atoms with Gasteiger partial charge in [0.05, 0.1) is 19.8 Å². The van der Waals surface area contributed by atoms with Gasteiger partial charge in [0.15, 0.2) is 6.29 Å². The number of hydrogen-bond acceptors (Lipinski definition) is 4. The number of nitrogens with one attached hydrogen (secondary N) is 1. The first kappa shape index (κ1) is 7.49. The summed E-state index contributed by atoms with van der Waals surface area (Å²) in [5.74, 6) is 0. The van der Waals surface area contributed by atoms with Crippen molar-refractivity contribution in [2.75, 3.05) is 26.4 Å². The molecule has 2 saturated heterocycles. The maximum absolute atomic E-state index is 5.25. The molecule has 4 heteroatoms. The zero-order chi connectivity index (χ0) is 7.52. The van der Waals surface area contributed by atoms with E-state index >= 15 is 0 Å². The van der Waals surface area contributed by atoms with Crippen LogP contribution in [-0.4, -0.2) is 38.9 Å². The first-order valence-electron chi connectivity index (χ1n) is 4.03. The smallest absolute Gasteiger partial charge is 0.159 e. The van der Waals surface area contributed by atoms with E-state index in [-0.39, 0.29) is 6.29 Å². The summed E-state index contributed by atoms with van der Waals surface area (Å²) < 4.78 is 15.5. The predicted octanol–water partition coefficient (Wildman–Crippen LogP) is -0.305. The molecule has 0 radical (unpaired) electrons. The highest BCUT2D eigenvalue weighted by Gasteiger charge is 2.22. The van der Waals surface area contributed by atoms with Crippen LogP contribution in [0, 0.1) is 0 Å². The molecule has 1 atom stereocenters. The van der Waals surface area contributed by atoms with Gasteiger partial charge in [-0.1, -0.05) is 0 Å². The molecule has 0 saturated carbocycles. The molecule has 2 heterocycles. The summed E-state index contributed by atoms with van der Waals surface area (Å²) in [6.07, 6.45) is 1.23. The normalized spacial score (nSPS) is 31.1. The van der Waals surface area contributed by atoms with Crippen molar-refractivity contribution in [3.63, 3.8) is 0 Å². The minimum Gasteiger partial charge on any atom is -0.357 e. The van der Waals surface area contributed by atoms with E-state index in [4.69, 9.17) is 14.2 Å². The molecule has 4 nitrogen and oxygen atoms in total. The maximum atomic E-state index is 5.25. The number of hydrogen-bond donors (Lipinski definition) is 1. The molecule has 0 spiro atoms. The summed E-state index contributed by atoms with van der Waals surface area (Å²) in [4.78, 5) is 0. The van der Waals surface area contributed by atoms with Crippen LogP contribution in [0.1, 0.15) is 6.42 Å². The van der Waals surface area contributed by atoms with E-state index in [1.54, 1.807) is 0 Å². The van der Waals surface area contributed by atoms with Gasteiger partial charge >= 0.3 is 0 Å². The minimum absolute atomic E-state index is 0.0150. The molecule has 64 valence electrons. The third-order valence-corrected chi connectivity index (χ3v) is 1.78.